The molecule has 2 rings (SSSR count). The zero-order valence-corrected chi connectivity index (χ0v) is 11.7. The van der Waals surface area contributed by atoms with Crippen LogP contribution in [0.5, 0.6) is 0 Å². The minimum Gasteiger partial charge on any atom is -0.376 e. The first-order valence-electron chi connectivity index (χ1n) is 6.33. The van der Waals surface area contributed by atoms with Crippen molar-refractivity contribution >= 4 is 11.5 Å². The third-order valence-electron chi connectivity index (χ3n) is 3.03. The van der Waals surface area contributed by atoms with Gasteiger partial charge in [0.1, 0.15) is 0 Å². The lowest BCUT2D eigenvalue weighted by Crippen LogP contribution is -2.15. The summed E-state index contributed by atoms with van der Waals surface area (Å²) in [6, 6.07) is 7.49. The Morgan fingerprint density at radius 3 is 2.55 bits per heavy atom. The highest BCUT2D eigenvalue weighted by molar-refractivity contribution is 5.65. The predicted octanol–water partition coefficient (Wildman–Crippen LogP) is 3.60. The van der Waals surface area contributed by atoms with Crippen molar-refractivity contribution in [3.63, 3.8) is 0 Å². The standard InChI is InChI=1S/C15H17F2N3/c1-10(11-6-7-12(16)13(17)9-11)19-14-5-4-8-18-15(14)20(2)3/h4-10,19H,1-3H3. The van der Waals surface area contributed by atoms with E-state index in [0.717, 1.165) is 17.6 Å². The summed E-state index contributed by atoms with van der Waals surface area (Å²) in [5, 5.41) is 3.26. The van der Waals surface area contributed by atoms with Crippen LogP contribution in [0.25, 0.3) is 0 Å². The summed E-state index contributed by atoms with van der Waals surface area (Å²) in [4.78, 5) is 6.18. The van der Waals surface area contributed by atoms with E-state index in [1.165, 1.54) is 6.07 Å². The van der Waals surface area contributed by atoms with E-state index >= 15 is 0 Å². The maximum Gasteiger partial charge on any atom is 0.159 e. The lowest BCUT2D eigenvalue weighted by molar-refractivity contribution is 0.506. The fourth-order valence-corrected chi connectivity index (χ4v) is 1.96. The van der Waals surface area contributed by atoms with Gasteiger partial charge < -0.3 is 10.2 Å². The molecule has 0 aliphatic rings. The summed E-state index contributed by atoms with van der Waals surface area (Å²) in [6.45, 7) is 1.89. The second kappa shape index (κ2) is 5.86. The molecule has 0 fully saturated rings. The third kappa shape index (κ3) is 3.04. The summed E-state index contributed by atoms with van der Waals surface area (Å²) in [5.74, 6) is -0.881. The molecule has 5 heteroatoms. The van der Waals surface area contributed by atoms with Crippen LogP contribution in [0, 0.1) is 11.6 Å². The van der Waals surface area contributed by atoms with Gasteiger partial charge in [0.2, 0.25) is 0 Å². The molecule has 20 heavy (non-hydrogen) atoms. The lowest BCUT2D eigenvalue weighted by atomic mass is 10.1. The van der Waals surface area contributed by atoms with Crippen LogP contribution in [0.4, 0.5) is 20.3 Å². The topological polar surface area (TPSA) is 28.2 Å². The Morgan fingerprint density at radius 2 is 1.90 bits per heavy atom. The number of hydrogen-bond donors (Lipinski definition) is 1. The van der Waals surface area contributed by atoms with Gasteiger partial charge in [-0.25, -0.2) is 13.8 Å². The van der Waals surface area contributed by atoms with Crippen molar-refractivity contribution < 1.29 is 8.78 Å². The van der Waals surface area contributed by atoms with Crippen molar-refractivity contribution in [1.29, 1.82) is 0 Å². The van der Waals surface area contributed by atoms with Gasteiger partial charge in [-0.15, -0.1) is 0 Å². The van der Waals surface area contributed by atoms with Gasteiger partial charge >= 0.3 is 0 Å². The second-order valence-corrected chi connectivity index (χ2v) is 4.81. The van der Waals surface area contributed by atoms with E-state index in [1.54, 1.807) is 12.3 Å². The molecule has 0 bridgehead atoms. The number of anilines is 2. The zero-order chi connectivity index (χ0) is 14.7. The van der Waals surface area contributed by atoms with Gasteiger partial charge in [0.05, 0.1) is 5.69 Å². The Morgan fingerprint density at radius 1 is 1.15 bits per heavy atom. The molecule has 0 saturated carbocycles. The Kier molecular flexibility index (Phi) is 4.17. The minimum absolute atomic E-state index is 0.159. The maximum absolute atomic E-state index is 13.3. The predicted molar refractivity (Wildman–Crippen MR) is 77.0 cm³/mol. The summed E-state index contributed by atoms with van der Waals surface area (Å²) in [5.41, 5.74) is 1.52. The number of rotatable bonds is 4. The van der Waals surface area contributed by atoms with Gasteiger partial charge in [-0.2, -0.15) is 0 Å². The minimum atomic E-state index is -0.838. The molecule has 1 aromatic heterocycles. The molecule has 0 aliphatic heterocycles. The molecule has 0 aliphatic carbocycles. The summed E-state index contributed by atoms with van der Waals surface area (Å²) in [7, 11) is 3.80. The van der Waals surface area contributed by atoms with Gasteiger partial charge in [-0.05, 0) is 36.8 Å². The summed E-state index contributed by atoms with van der Waals surface area (Å²) >= 11 is 0. The Balaban J connectivity index is 2.23. The van der Waals surface area contributed by atoms with Crippen molar-refractivity contribution in [1.82, 2.24) is 4.98 Å². The molecule has 0 saturated heterocycles. The first-order valence-corrected chi connectivity index (χ1v) is 6.33. The summed E-state index contributed by atoms with van der Waals surface area (Å²) < 4.78 is 26.2. The molecule has 0 radical (unpaired) electrons. The Labute approximate surface area is 117 Å². The average Bonchev–Trinajstić information content (AvgIpc) is 2.42. The van der Waals surface area contributed by atoms with E-state index in [9.17, 15) is 8.78 Å². The summed E-state index contributed by atoms with van der Waals surface area (Å²) in [6.07, 6.45) is 1.71. The number of pyridine rings is 1. The van der Waals surface area contributed by atoms with Crippen LogP contribution in [0.2, 0.25) is 0 Å². The molecule has 1 heterocycles. The Bertz CT molecular complexity index is 599. The Hall–Kier alpha value is -2.17. The lowest BCUT2D eigenvalue weighted by Gasteiger charge is -2.21. The number of hydrogen-bond acceptors (Lipinski definition) is 3. The number of benzene rings is 1. The molecule has 3 nitrogen and oxygen atoms in total. The van der Waals surface area contributed by atoms with Crippen molar-refractivity contribution in [3.8, 4) is 0 Å². The molecule has 1 aromatic carbocycles. The van der Waals surface area contributed by atoms with Crippen LogP contribution in [0.1, 0.15) is 18.5 Å². The zero-order valence-electron chi connectivity index (χ0n) is 11.7. The number of nitrogens with one attached hydrogen (secondary N) is 1. The van der Waals surface area contributed by atoms with Crippen molar-refractivity contribution in [2.45, 2.75) is 13.0 Å². The fraction of sp³-hybridized carbons (Fsp3) is 0.267. The van der Waals surface area contributed by atoms with Crippen molar-refractivity contribution in [2.24, 2.45) is 0 Å². The van der Waals surface area contributed by atoms with Crippen LogP contribution >= 0.6 is 0 Å². The molecule has 0 spiro atoms. The molecule has 1 atom stereocenters. The van der Waals surface area contributed by atoms with Crippen LogP contribution in [-0.2, 0) is 0 Å². The van der Waals surface area contributed by atoms with E-state index in [1.807, 2.05) is 38.1 Å². The van der Waals surface area contributed by atoms with Crippen LogP contribution in [0.15, 0.2) is 36.5 Å². The maximum atomic E-state index is 13.3. The highest BCUT2D eigenvalue weighted by atomic mass is 19.2. The van der Waals surface area contributed by atoms with Gasteiger partial charge in [-0.1, -0.05) is 6.07 Å². The van der Waals surface area contributed by atoms with Crippen LogP contribution < -0.4 is 10.2 Å². The van der Waals surface area contributed by atoms with Gasteiger partial charge in [0.15, 0.2) is 17.5 Å². The number of aromatic nitrogens is 1. The molecule has 0 amide bonds. The molecule has 106 valence electrons. The smallest absolute Gasteiger partial charge is 0.159 e. The largest absolute Gasteiger partial charge is 0.376 e. The van der Waals surface area contributed by atoms with Gasteiger partial charge in [0, 0.05) is 26.3 Å². The first-order chi connectivity index (χ1) is 9.49. The molecular formula is C15H17F2N3. The first kappa shape index (κ1) is 14.2. The third-order valence-corrected chi connectivity index (χ3v) is 3.03. The number of nitrogens with zero attached hydrogens (tertiary/aromatic N) is 2. The fourth-order valence-electron chi connectivity index (χ4n) is 1.96. The van der Waals surface area contributed by atoms with E-state index in [0.29, 0.717) is 5.56 Å². The van der Waals surface area contributed by atoms with E-state index in [-0.39, 0.29) is 6.04 Å². The second-order valence-electron chi connectivity index (χ2n) is 4.81. The highest BCUT2D eigenvalue weighted by Gasteiger charge is 2.12. The highest BCUT2D eigenvalue weighted by Crippen LogP contribution is 2.26. The molecule has 1 unspecified atom stereocenters. The van der Waals surface area contributed by atoms with Crippen LogP contribution in [-0.4, -0.2) is 19.1 Å². The van der Waals surface area contributed by atoms with E-state index in [2.05, 4.69) is 10.3 Å². The average molecular weight is 277 g/mol. The van der Waals surface area contributed by atoms with Gasteiger partial charge in [0.25, 0.3) is 0 Å². The quantitative estimate of drug-likeness (QED) is 0.925. The van der Waals surface area contributed by atoms with Crippen LogP contribution in [0.3, 0.4) is 0 Å². The molecule has 1 N–H and O–H groups in total. The number of halogens is 2. The molecular weight excluding hydrogens is 260 g/mol. The monoisotopic (exact) mass is 277 g/mol. The van der Waals surface area contributed by atoms with E-state index in [4.69, 9.17) is 0 Å². The molecule has 2 aromatic rings. The van der Waals surface area contributed by atoms with Gasteiger partial charge in [-0.3, -0.25) is 0 Å². The van der Waals surface area contributed by atoms with Crippen molar-refractivity contribution in [2.75, 3.05) is 24.3 Å². The normalized spacial score (nSPS) is 12.1. The van der Waals surface area contributed by atoms with E-state index < -0.39 is 11.6 Å². The van der Waals surface area contributed by atoms with Crippen molar-refractivity contribution in [3.05, 3.63) is 53.7 Å². The SMILES string of the molecule is CC(Nc1cccnc1N(C)C)c1ccc(F)c(F)c1.